The monoisotopic (exact) mass is 787 g/mol. The zero-order valence-corrected chi connectivity index (χ0v) is 34.1. The third kappa shape index (κ3) is 5.42. The summed E-state index contributed by atoms with van der Waals surface area (Å²) in [6.45, 7) is 0. The van der Waals surface area contributed by atoms with E-state index in [9.17, 15) is 0 Å². The first kappa shape index (κ1) is 35.9. The standard InChI is InChI=1S/C61H41N/c1-3-20-42(21-4-1)43-38-40-45(41-39-43)62(58-36-18-14-30-52(58)49-27-10-9-26-48(49)47-25-8-7-24-46(47)44-22-5-2-6-23-44)59-37-19-35-57-60(59)53-31-13-17-34-56(53)61(57)54-32-15-11-28-50(54)51-29-12-16-33-55(51)61/h1-41H. The van der Waals surface area contributed by atoms with Crippen LogP contribution in [-0.2, 0) is 5.41 Å². The van der Waals surface area contributed by atoms with Gasteiger partial charge < -0.3 is 4.90 Å². The molecule has 0 amide bonds. The number of hydrogen-bond acceptors (Lipinski definition) is 1. The Kier molecular flexibility index (Phi) is 8.47. The van der Waals surface area contributed by atoms with E-state index in [2.05, 4.69) is 254 Å². The lowest BCUT2D eigenvalue weighted by atomic mass is 9.70. The van der Waals surface area contributed by atoms with Gasteiger partial charge in [-0.15, -0.1) is 0 Å². The van der Waals surface area contributed by atoms with Gasteiger partial charge in [0, 0.05) is 16.8 Å². The molecule has 0 atom stereocenters. The molecule has 0 aromatic heterocycles. The highest BCUT2D eigenvalue weighted by atomic mass is 15.1. The van der Waals surface area contributed by atoms with Crippen molar-refractivity contribution in [2.75, 3.05) is 4.90 Å². The number of nitrogens with zero attached hydrogens (tertiary/aromatic N) is 1. The Balaban J connectivity index is 1.13. The summed E-state index contributed by atoms with van der Waals surface area (Å²) in [5, 5.41) is 0. The molecule has 0 N–H and O–H groups in total. The van der Waals surface area contributed by atoms with Gasteiger partial charge in [-0.3, -0.25) is 0 Å². The normalized spacial score (nSPS) is 12.6. The molecule has 0 aliphatic heterocycles. The molecule has 2 aliphatic carbocycles. The summed E-state index contributed by atoms with van der Waals surface area (Å²) in [7, 11) is 0. The van der Waals surface area contributed by atoms with Crippen molar-refractivity contribution in [3.63, 3.8) is 0 Å². The molecule has 1 heteroatoms. The first-order valence-electron chi connectivity index (χ1n) is 21.5. The van der Waals surface area contributed by atoms with Gasteiger partial charge in [-0.25, -0.2) is 0 Å². The van der Waals surface area contributed by atoms with Crippen molar-refractivity contribution in [2.45, 2.75) is 5.41 Å². The van der Waals surface area contributed by atoms with Crippen LogP contribution in [0.5, 0.6) is 0 Å². The van der Waals surface area contributed by atoms with Crippen molar-refractivity contribution in [1.29, 1.82) is 0 Å². The fourth-order valence-electron chi connectivity index (χ4n) is 10.6. The molecule has 1 spiro atoms. The maximum atomic E-state index is 2.52. The number of para-hydroxylation sites is 1. The second kappa shape index (κ2) is 14.6. The lowest BCUT2D eigenvalue weighted by Crippen LogP contribution is -2.26. The van der Waals surface area contributed by atoms with Gasteiger partial charge in [0.05, 0.1) is 16.8 Å². The molecule has 290 valence electrons. The van der Waals surface area contributed by atoms with E-state index in [0.29, 0.717) is 0 Å². The molecule has 1 nitrogen and oxygen atoms in total. The molecule has 0 unspecified atom stereocenters. The summed E-state index contributed by atoms with van der Waals surface area (Å²) in [6.07, 6.45) is 0. The van der Waals surface area contributed by atoms with Crippen LogP contribution in [0.2, 0.25) is 0 Å². The van der Waals surface area contributed by atoms with Gasteiger partial charge in [-0.1, -0.05) is 224 Å². The Hall–Kier alpha value is -8.00. The molecular formula is C61H41N. The molecule has 0 fully saturated rings. The minimum absolute atomic E-state index is 0.453. The van der Waals surface area contributed by atoms with Crippen molar-refractivity contribution < 1.29 is 0 Å². The minimum atomic E-state index is -0.453. The quantitative estimate of drug-likeness (QED) is 0.155. The van der Waals surface area contributed by atoms with E-state index in [4.69, 9.17) is 0 Å². The fraction of sp³-hybridized carbons (Fsp3) is 0.0164. The summed E-state index contributed by atoms with van der Waals surface area (Å²) < 4.78 is 0. The van der Waals surface area contributed by atoms with Crippen molar-refractivity contribution in [3.05, 3.63) is 271 Å². The van der Waals surface area contributed by atoms with Gasteiger partial charge in [0.2, 0.25) is 0 Å². The van der Waals surface area contributed by atoms with Gasteiger partial charge in [-0.2, -0.15) is 0 Å². The van der Waals surface area contributed by atoms with Crippen molar-refractivity contribution in [1.82, 2.24) is 0 Å². The SMILES string of the molecule is c1ccc(-c2ccc(N(c3ccccc3-c3ccccc3-c3ccccc3-c3ccccc3)c3cccc4c3-c3ccccc3C43c4ccccc4-c4ccccc43)cc2)cc1. The maximum Gasteiger partial charge on any atom is 0.0726 e. The molecule has 2 aliphatic rings. The van der Waals surface area contributed by atoms with Gasteiger partial charge in [0.15, 0.2) is 0 Å². The average Bonchev–Trinajstić information content (AvgIpc) is 3.83. The molecule has 10 aromatic rings. The number of benzene rings is 10. The molecule has 0 saturated heterocycles. The highest BCUT2D eigenvalue weighted by molar-refractivity contribution is 6.03. The maximum absolute atomic E-state index is 2.52. The van der Waals surface area contributed by atoms with Crippen LogP contribution in [0.3, 0.4) is 0 Å². The van der Waals surface area contributed by atoms with Crippen molar-refractivity contribution in [3.8, 4) is 66.8 Å². The van der Waals surface area contributed by atoms with Crippen LogP contribution in [0.4, 0.5) is 17.1 Å². The molecule has 12 rings (SSSR count). The van der Waals surface area contributed by atoms with E-state index in [1.165, 1.54) is 83.5 Å². The lowest BCUT2D eigenvalue weighted by Gasteiger charge is -2.32. The van der Waals surface area contributed by atoms with Crippen LogP contribution in [0.15, 0.2) is 249 Å². The first-order chi connectivity index (χ1) is 30.8. The second-order valence-corrected chi connectivity index (χ2v) is 16.3. The van der Waals surface area contributed by atoms with Crippen LogP contribution in [0.1, 0.15) is 22.3 Å². The predicted molar refractivity (Wildman–Crippen MR) is 259 cm³/mol. The van der Waals surface area contributed by atoms with E-state index < -0.39 is 5.41 Å². The largest absolute Gasteiger partial charge is 0.309 e. The Morgan fingerprint density at radius 1 is 0.226 bits per heavy atom. The van der Waals surface area contributed by atoms with Crippen molar-refractivity contribution in [2.24, 2.45) is 0 Å². The van der Waals surface area contributed by atoms with Gasteiger partial charge in [0.25, 0.3) is 0 Å². The third-order valence-electron chi connectivity index (χ3n) is 13.1. The summed E-state index contributed by atoms with van der Waals surface area (Å²) in [4.78, 5) is 2.52. The number of anilines is 3. The molecule has 10 aromatic carbocycles. The van der Waals surface area contributed by atoms with Gasteiger partial charge >= 0.3 is 0 Å². The number of fused-ring (bicyclic) bond motifs is 10. The Bertz CT molecular complexity index is 3240. The topological polar surface area (TPSA) is 3.24 Å². The fourth-order valence-corrected chi connectivity index (χ4v) is 10.6. The van der Waals surface area contributed by atoms with E-state index in [1.54, 1.807) is 0 Å². The van der Waals surface area contributed by atoms with Crippen LogP contribution in [0, 0.1) is 0 Å². The Labute approximate surface area is 363 Å². The molecule has 0 radical (unpaired) electrons. The first-order valence-corrected chi connectivity index (χ1v) is 21.5. The molecule has 0 heterocycles. The van der Waals surface area contributed by atoms with Gasteiger partial charge in [-0.05, 0) is 102 Å². The van der Waals surface area contributed by atoms with Crippen LogP contribution >= 0.6 is 0 Å². The minimum Gasteiger partial charge on any atom is -0.309 e. The summed E-state index contributed by atoms with van der Waals surface area (Å²) in [5.41, 5.74) is 22.9. The van der Waals surface area contributed by atoms with Crippen LogP contribution in [-0.4, -0.2) is 0 Å². The number of hydrogen-bond donors (Lipinski definition) is 0. The summed E-state index contributed by atoms with van der Waals surface area (Å²) in [5.74, 6) is 0. The summed E-state index contributed by atoms with van der Waals surface area (Å²) >= 11 is 0. The van der Waals surface area contributed by atoms with E-state index >= 15 is 0 Å². The molecule has 62 heavy (non-hydrogen) atoms. The highest BCUT2D eigenvalue weighted by Crippen LogP contribution is 2.65. The average molecular weight is 788 g/mol. The predicted octanol–water partition coefficient (Wildman–Crippen LogP) is 16.2. The zero-order chi connectivity index (χ0) is 41.0. The lowest BCUT2D eigenvalue weighted by molar-refractivity contribution is 0.794. The van der Waals surface area contributed by atoms with E-state index in [0.717, 1.165) is 22.6 Å². The highest BCUT2D eigenvalue weighted by Gasteiger charge is 2.52. The van der Waals surface area contributed by atoms with Crippen molar-refractivity contribution >= 4 is 17.1 Å². The smallest absolute Gasteiger partial charge is 0.0726 e. The third-order valence-corrected chi connectivity index (χ3v) is 13.1. The molecule has 0 saturated carbocycles. The Morgan fingerprint density at radius 3 is 1.23 bits per heavy atom. The zero-order valence-electron chi connectivity index (χ0n) is 34.1. The van der Waals surface area contributed by atoms with E-state index in [1.807, 2.05) is 0 Å². The molecular weight excluding hydrogens is 747 g/mol. The number of rotatable bonds is 7. The van der Waals surface area contributed by atoms with Crippen LogP contribution in [0.25, 0.3) is 66.8 Å². The second-order valence-electron chi connectivity index (χ2n) is 16.3. The van der Waals surface area contributed by atoms with E-state index in [-0.39, 0.29) is 0 Å². The summed E-state index contributed by atoms with van der Waals surface area (Å²) in [6, 6.07) is 91.5. The Morgan fingerprint density at radius 2 is 0.613 bits per heavy atom. The van der Waals surface area contributed by atoms with Crippen LogP contribution < -0.4 is 4.90 Å². The molecule has 0 bridgehead atoms. The van der Waals surface area contributed by atoms with Gasteiger partial charge in [0.1, 0.15) is 0 Å².